The van der Waals surface area contributed by atoms with Gasteiger partial charge >= 0.3 is 6.03 Å². The minimum atomic E-state index is -0.622. The quantitative estimate of drug-likeness (QED) is 0.407. The van der Waals surface area contributed by atoms with Crippen molar-refractivity contribution < 1.29 is 14.4 Å². The Morgan fingerprint density at radius 1 is 0.750 bits per heavy atom. The molecule has 4 bridgehead atoms. The largest absolute Gasteiger partial charge is 0.344 e. The summed E-state index contributed by atoms with van der Waals surface area (Å²) < 4.78 is 0. The lowest BCUT2D eigenvalue weighted by molar-refractivity contribution is -0.148. The molecule has 2 aromatic carbocycles. The second-order valence-electron chi connectivity index (χ2n) is 11.4. The number of hydrogen-bond donors (Lipinski definition) is 4. The van der Waals surface area contributed by atoms with Crippen LogP contribution in [-0.4, -0.2) is 23.9 Å². The summed E-state index contributed by atoms with van der Waals surface area (Å²) in [4.78, 5) is 39.2. The predicted molar refractivity (Wildman–Crippen MR) is 142 cm³/mol. The maximum absolute atomic E-state index is 13.5. The van der Waals surface area contributed by atoms with Gasteiger partial charge in [0.1, 0.15) is 6.04 Å². The maximum Gasteiger partial charge on any atom is 0.323 e. The molecular weight excluding hydrogens is 452 g/mol. The van der Waals surface area contributed by atoms with Gasteiger partial charge < -0.3 is 21.3 Å². The Labute approximate surface area is 212 Å². The monoisotopic (exact) mass is 488 g/mol. The first-order valence-corrected chi connectivity index (χ1v) is 13.1. The highest BCUT2D eigenvalue weighted by atomic mass is 16.2. The van der Waals surface area contributed by atoms with Crippen LogP contribution in [0.4, 0.5) is 21.9 Å². The van der Waals surface area contributed by atoms with E-state index in [0.717, 1.165) is 19.3 Å². The van der Waals surface area contributed by atoms with Crippen molar-refractivity contribution in [2.75, 3.05) is 16.0 Å². The highest BCUT2D eigenvalue weighted by Crippen LogP contribution is 2.60. The van der Waals surface area contributed by atoms with Crippen LogP contribution in [-0.2, 0) is 9.59 Å². The smallest absolute Gasteiger partial charge is 0.323 e. The fourth-order valence-corrected chi connectivity index (χ4v) is 6.93. The molecule has 36 heavy (non-hydrogen) atoms. The predicted octanol–water partition coefficient (Wildman–Crippen LogP) is 5.63. The zero-order valence-electron chi connectivity index (χ0n) is 21.1. The van der Waals surface area contributed by atoms with Crippen LogP contribution in [0.15, 0.2) is 54.6 Å². The van der Waals surface area contributed by atoms with Crippen LogP contribution in [0.1, 0.15) is 52.4 Å². The maximum atomic E-state index is 13.5. The van der Waals surface area contributed by atoms with E-state index in [0.29, 0.717) is 34.8 Å². The Balaban J connectivity index is 1.21. The van der Waals surface area contributed by atoms with E-state index >= 15 is 0 Å². The Bertz CT molecular complexity index is 1100. The summed E-state index contributed by atoms with van der Waals surface area (Å²) in [6, 6.07) is 15.2. The second-order valence-corrected chi connectivity index (χ2v) is 11.4. The molecule has 7 nitrogen and oxygen atoms in total. The van der Waals surface area contributed by atoms with Gasteiger partial charge in [-0.1, -0.05) is 38.1 Å². The number of benzene rings is 2. The molecule has 4 amide bonds. The Kier molecular flexibility index (Phi) is 6.73. The van der Waals surface area contributed by atoms with Crippen LogP contribution in [0.25, 0.3) is 0 Å². The van der Waals surface area contributed by atoms with Crippen LogP contribution < -0.4 is 21.3 Å². The summed E-state index contributed by atoms with van der Waals surface area (Å²) in [6.07, 6.45) is 6.72. The van der Waals surface area contributed by atoms with Gasteiger partial charge in [-0.2, -0.15) is 0 Å². The van der Waals surface area contributed by atoms with Crippen molar-refractivity contribution in [3.8, 4) is 0 Å². The van der Waals surface area contributed by atoms with Crippen molar-refractivity contribution in [1.29, 1.82) is 0 Å². The lowest BCUT2D eigenvalue weighted by Gasteiger charge is -2.55. The number of carbonyl (C=O) groups is 3. The van der Waals surface area contributed by atoms with E-state index in [1.54, 1.807) is 36.4 Å². The fraction of sp³-hybridized carbons (Fsp3) is 0.483. The van der Waals surface area contributed by atoms with E-state index < -0.39 is 6.04 Å². The van der Waals surface area contributed by atoms with E-state index in [9.17, 15) is 14.4 Å². The molecule has 0 aromatic heterocycles. The third kappa shape index (κ3) is 5.25. The van der Waals surface area contributed by atoms with Gasteiger partial charge in [-0.15, -0.1) is 0 Å². The molecule has 1 atom stereocenters. The summed E-state index contributed by atoms with van der Waals surface area (Å²) in [5, 5.41) is 11.6. The summed E-state index contributed by atoms with van der Waals surface area (Å²) >= 11 is 0. The van der Waals surface area contributed by atoms with Crippen LogP contribution in [0.5, 0.6) is 0 Å². The van der Waals surface area contributed by atoms with Gasteiger partial charge in [-0.3, -0.25) is 9.59 Å². The zero-order valence-corrected chi connectivity index (χ0v) is 21.1. The second kappa shape index (κ2) is 9.96. The molecule has 0 radical (unpaired) electrons. The van der Waals surface area contributed by atoms with Gasteiger partial charge in [0.15, 0.2) is 0 Å². The van der Waals surface area contributed by atoms with E-state index in [2.05, 4.69) is 21.3 Å². The molecule has 190 valence electrons. The van der Waals surface area contributed by atoms with Gasteiger partial charge in [0, 0.05) is 22.5 Å². The lowest BCUT2D eigenvalue weighted by atomic mass is 9.49. The molecule has 0 spiro atoms. The molecule has 4 saturated carbocycles. The zero-order chi connectivity index (χ0) is 25.3. The number of hydrogen-bond acceptors (Lipinski definition) is 3. The number of rotatable bonds is 7. The molecule has 6 rings (SSSR count). The molecule has 4 aliphatic rings. The van der Waals surface area contributed by atoms with Gasteiger partial charge in [-0.25, -0.2) is 4.79 Å². The summed E-state index contributed by atoms with van der Waals surface area (Å²) in [5.74, 6) is 1.77. The topological polar surface area (TPSA) is 99.3 Å². The first-order valence-electron chi connectivity index (χ1n) is 13.1. The molecule has 0 aliphatic heterocycles. The molecule has 2 aromatic rings. The van der Waals surface area contributed by atoms with Crippen LogP contribution >= 0.6 is 0 Å². The molecule has 0 unspecified atom stereocenters. The molecule has 7 heteroatoms. The SMILES string of the molecule is CC(C)[C@@H](NC(=O)C12CC3CC(CC(C3)C1)C2)C(=O)Nc1cccc(NC(=O)Nc2ccccc2)c1. The van der Waals surface area contributed by atoms with Crippen LogP contribution in [0, 0.1) is 29.1 Å². The molecular formula is C29H36N4O3. The lowest BCUT2D eigenvalue weighted by Crippen LogP contribution is -2.57. The number of nitrogens with one attached hydrogen (secondary N) is 4. The number of amides is 4. The Morgan fingerprint density at radius 3 is 1.86 bits per heavy atom. The third-order valence-electron chi connectivity index (χ3n) is 8.18. The van der Waals surface area contributed by atoms with Gasteiger partial charge in [0.25, 0.3) is 0 Å². The fourth-order valence-electron chi connectivity index (χ4n) is 6.93. The summed E-state index contributed by atoms with van der Waals surface area (Å²) in [6.45, 7) is 3.91. The molecule has 4 aliphatic carbocycles. The first-order chi connectivity index (χ1) is 17.3. The number of carbonyl (C=O) groups excluding carboxylic acids is 3. The minimum absolute atomic E-state index is 0.0548. The van der Waals surface area contributed by atoms with Crippen molar-refractivity contribution in [2.24, 2.45) is 29.1 Å². The highest BCUT2D eigenvalue weighted by Gasteiger charge is 2.55. The number of urea groups is 1. The van der Waals surface area contributed by atoms with E-state index in [1.165, 1.54) is 19.3 Å². The standard InChI is InChI=1S/C29H36N4O3/c1-18(2)25(33-27(35)29-15-19-11-20(16-29)13-21(12-19)17-29)26(34)30-23-9-6-10-24(14-23)32-28(36)31-22-7-4-3-5-8-22/h3-10,14,18-21,25H,11-13,15-17H2,1-2H3,(H,30,34)(H,33,35)(H2,31,32,36)/t19?,20?,21?,25-,29?/m1/s1. The average molecular weight is 489 g/mol. The van der Waals surface area contributed by atoms with Crippen LogP contribution in [0.3, 0.4) is 0 Å². The summed E-state index contributed by atoms with van der Waals surface area (Å²) in [5.41, 5.74) is 1.51. The molecule has 4 N–H and O–H groups in total. The molecule has 0 saturated heterocycles. The van der Waals surface area contributed by atoms with Crippen molar-refractivity contribution in [3.63, 3.8) is 0 Å². The Hall–Kier alpha value is -3.35. The highest BCUT2D eigenvalue weighted by molar-refractivity contribution is 6.01. The van der Waals surface area contributed by atoms with Crippen molar-refractivity contribution >= 4 is 34.9 Å². The molecule has 4 fully saturated rings. The summed E-state index contributed by atoms with van der Waals surface area (Å²) in [7, 11) is 0. The van der Waals surface area contributed by atoms with Crippen molar-refractivity contribution in [2.45, 2.75) is 58.4 Å². The van der Waals surface area contributed by atoms with E-state index in [-0.39, 0.29) is 29.2 Å². The van der Waals surface area contributed by atoms with Gasteiger partial charge in [0.2, 0.25) is 11.8 Å². The van der Waals surface area contributed by atoms with Crippen molar-refractivity contribution in [3.05, 3.63) is 54.6 Å². The van der Waals surface area contributed by atoms with Gasteiger partial charge in [0.05, 0.1) is 0 Å². The third-order valence-corrected chi connectivity index (χ3v) is 8.18. The average Bonchev–Trinajstić information content (AvgIpc) is 2.82. The van der Waals surface area contributed by atoms with Crippen molar-refractivity contribution in [1.82, 2.24) is 5.32 Å². The van der Waals surface area contributed by atoms with Crippen LogP contribution in [0.2, 0.25) is 0 Å². The van der Waals surface area contributed by atoms with Gasteiger partial charge in [-0.05, 0) is 92.5 Å². The number of anilines is 3. The van der Waals surface area contributed by atoms with E-state index in [1.807, 2.05) is 32.0 Å². The minimum Gasteiger partial charge on any atom is -0.344 e. The number of para-hydroxylation sites is 1. The normalized spacial score (nSPS) is 26.8. The first kappa shape index (κ1) is 24.3. The Morgan fingerprint density at radius 2 is 1.28 bits per heavy atom. The van der Waals surface area contributed by atoms with E-state index in [4.69, 9.17) is 0 Å². The molecule has 0 heterocycles.